The maximum atomic E-state index is 10.1. The van der Waals surface area contributed by atoms with Crippen molar-refractivity contribution < 1.29 is 11.0 Å². The van der Waals surface area contributed by atoms with Crippen molar-refractivity contribution in [2.75, 3.05) is 7.05 Å². The van der Waals surface area contributed by atoms with Gasteiger partial charge < -0.3 is 5.32 Å². The molecule has 3 heteroatoms. The SMILES string of the molecule is CNC(=O)C(C)=O.[HH]. The van der Waals surface area contributed by atoms with Gasteiger partial charge in [0.05, 0.1) is 0 Å². The van der Waals surface area contributed by atoms with Gasteiger partial charge in [-0.25, -0.2) is 0 Å². The van der Waals surface area contributed by atoms with Crippen LogP contribution in [0.3, 0.4) is 0 Å². The Morgan fingerprint density at radius 2 is 2.00 bits per heavy atom. The third-order valence-electron chi connectivity index (χ3n) is 0.547. The number of carbonyl (C=O) groups is 2. The lowest BCUT2D eigenvalue weighted by Crippen LogP contribution is -2.24. The van der Waals surface area contributed by atoms with Crippen LogP contribution in [0.1, 0.15) is 8.35 Å². The number of likely N-dealkylation sites (N-methyl/N-ethyl adjacent to an activating group) is 1. The summed E-state index contributed by atoms with van der Waals surface area (Å²) in [5.74, 6) is -0.998. The zero-order valence-electron chi connectivity index (χ0n) is 4.32. The van der Waals surface area contributed by atoms with E-state index in [0.717, 1.165) is 0 Å². The molecule has 0 bridgehead atoms. The quantitative estimate of drug-likeness (QED) is 0.457. The number of ketones is 1. The number of rotatable bonds is 1. The van der Waals surface area contributed by atoms with Gasteiger partial charge in [0, 0.05) is 15.4 Å². The van der Waals surface area contributed by atoms with Gasteiger partial charge in [0.15, 0.2) is 0 Å². The summed E-state index contributed by atoms with van der Waals surface area (Å²) in [4.78, 5) is 20.0. The molecule has 0 saturated carbocycles. The highest BCUT2D eigenvalue weighted by molar-refractivity contribution is 6.35. The smallest absolute Gasteiger partial charge is 0.286 e. The summed E-state index contributed by atoms with van der Waals surface area (Å²) in [7, 11) is 1.42. The Bertz CT molecular complexity index is 102. The summed E-state index contributed by atoms with van der Waals surface area (Å²) >= 11 is 0. The molecule has 0 spiro atoms. The lowest BCUT2D eigenvalue weighted by molar-refractivity contribution is -0.136. The predicted octanol–water partition coefficient (Wildman–Crippen LogP) is -0.433. The second-order valence-corrected chi connectivity index (χ2v) is 1.14. The van der Waals surface area contributed by atoms with Crippen LogP contribution in [0.2, 0.25) is 0 Å². The van der Waals surface area contributed by atoms with E-state index in [1.807, 2.05) is 0 Å². The van der Waals surface area contributed by atoms with Gasteiger partial charge in [-0.05, 0) is 0 Å². The molecule has 1 amide bonds. The van der Waals surface area contributed by atoms with Crippen LogP contribution in [0.25, 0.3) is 0 Å². The number of hydrogen-bond donors (Lipinski definition) is 1. The van der Waals surface area contributed by atoms with Crippen molar-refractivity contribution in [2.45, 2.75) is 6.92 Å². The molecule has 0 heterocycles. The molecule has 0 aromatic carbocycles. The fourth-order valence-corrected chi connectivity index (χ4v) is 0.176. The van der Waals surface area contributed by atoms with Crippen molar-refractivity contribution in [2.24, 2.45) is 0 Å². The van der Waals surface area contributed by atoms with Crippen molar-refractivity contribution in [1.82, 2.24) is 5.32 Å². The molecule has 0 fully saturated rings. The Morgan fingerprint density at radius 3 is 2.00 bits per heavy atom. The average molecular weight is 103 g/mol. The van der Waals surface area contributed by atoms with Gasteiger partial charge in [-0.1, -0.05) is 0 Å². The lowest BCUT2D eigenvalue weighted by atomic mass is 10.4. The lowest BCUT2D eigenvalue weighted by Gasteiger charge is -1.86. The number of nitrogens with one attached hydrogen (secondary N) is 1. The first-order valence-electron chi connectivity index (χ1n) is 1.91. The Labute approximate surface area is 43.2 Å². The summed E-state index contributed by atoms with van der Waals surface area (Å²) in [5, 5.41) is 2.18. The van der Waals surface area contributed by atoms with Crippen LogP contribution >= 0.6 is 0 Å². The third-order valence-corrected chi connectivity index (χ3v) is 0.547. The fourth-order valence-electron chi connectivity index (χ4n) is 0.176. The molecule has 0 aliphatic carbocycles. The van der Waals surface area contributed by atoms with E-state index >= 15 is 0 Å². The first kappa shape index (κ1) is 6.14. The van der Waals surface area contributed by atoms with Crippen LogP contribution < -0.4 is 5.32 Å². The van der Waals surface area contributed by atoms with E-state index in [-0.39, 0.29) is 1.43 Å². The van der Waals surface area contributed by atoms with Crippen molar-refractivity contribution in [3.05, 3.63) is 0 Å². The molecule has 42 valence electrons. The van der Waals surface area contributed by atoms with E-state index in [4.69, 9.17) is 0 Å². The van der Waals surface area contributed by atoms with Crippen LogP contribution in [0, 0.1) is 0 Å². The van der Waals surface area contributed by atoms with E-state index in [2.05, 4.69) is 5.32 Å². The minimum atomic E-state index is -0.542. The minimum absolute atomic E-state index is 0. The Balaban J connectivity index is 0. The van der Waals surface area contributed by atoms with Gasteiger partial charge in [0.1, 0.15) is 0 Å². The van der Waals surface area contributed by atoms with Gasteiger partial charge in [-0.15, -0.1) is 0 Å². The average Bonchev–Trinajstić information content (AvgIpc) is 1.65. The second kappa shape index (κ2) is 2.34. The Morgan fingerprint density at radius 1 is 1.57 bits per heavy atom. The molecule has 7 heavy (non-hydrogen) atoms. The standard InChI is InChI=1S/C4H7NO2.H2/c1-3(6)4(7)5-2;/h1-2H3,(H,5,7);1H. The third kappa shape index (κ3) is 1.92. The zero-order chi connectivity index (χ0) is 5.86. The van der Waals surface area contributed by atoms with E-state index in [1.54, 1.807) is 0 Å². The zero-order valence-corrected chi connectivity index (χ0v) is 4.32. The molecular formula is C4H9NO2. The largest absolute Gasteiger partial charge is 0.353 e. The van der Waals surface area contributed by atoms with Gasteiger partial charge >= 0.3 is 0 Å². The van der Waals surface area contributed by atoms with Crippen LogP contribution in [-0.4, -0.2) is 18.7 Å². The van der Waals surface area contributed by atoms with Crippen molar-refractivity contribution in [1.29, 1.82) is 0 Å². The first-order chi connectivity index (χ1) is 3.18. The molecule has 0 radical (unpaired) electrons. The van der Waals surface area contributed by atoms with E-state index in [0.29, 0.717) is 0 Å². The molecule has 0 rings (SSSR count). The van der Waals surface area contributed by atoms with E-state index in [9.17, 15) is 9.59 Å². The molecule has 0 atom stereocenters. The normalized spacial score (nSPS) is 7.71. The summed E-state index contributed by atoms with van der Waals surface area (Å²) in [5.41, 5.74) is 0. The molecule has 0 aromatic heterocycles. The number of amides is 1. The summed E-state index contributed by atoms with van der Waals surface area (Å²) in [6, 6.07) is 0. The Hall–Kier alpha value is -0.860. The van der Waals surface area contributed by atoms with Crippen LogP contribution in [0.15, 0.2) is 0 Å². The molecule has 0 unspecified atom stereocenters. The van der Waals surface area contributed by atoms with Crippen molar-refractivity contribution >= 4 is 11.7 Å². The van der Waals surface area contributed by atoms with Gasteiger partial charge in [-0.3, -0.25) is 9.59 Å². The van der Waals surface area contributed by atoms with Crippen molar-refractivity contribution in [3.8, 4) is 0 Å². The molecule has 0 saturated heterocycles. The molecular weight excluding hydrogens is 94.0 g/mol. The number of carbonyl (C=O) groups excluding carboxylic acids is 2. The highest BCUT2D eigenvalue weighted by atomic mass is 16.2. The minimum Gasteiger partial charge on any atom is -0.353 e. The van der Waals surface area contributed by atoms with Gasteiger partial charge in [0.2, 0.25) is 5.78 Å². The maximum absolute atomic E-state index is 10.1. The number of Topliss-reactive ketones (excluding diaryl/α,β-unsaturated/α-hetero) is 1. The monoisotopic (exact) mass is 103 g/mol. The molecule has 3 nitrogen and oxygen atoms in total. The van der Waals surface area contributed by atoms with Crippen LogP contribution in [0.5, 0.6) is 0 Å². The summed E-state index contributed by atoms with van der Waals surface area (Å²) < 4.78 is 0. The number of hydrogen-bond acceptors (Lipinski definition) is 2. The highest BCUT2D eigenvalue weighted by Gasteiger charge is 2.00. The fraction of sp³-hybridized carbons (Fsp3) is 0.500. The van der Waals surface area contributed by atoms with Crippen LogP contribution in [0.4, 0.5) is 0 Å². The van der Waals surface area contributed by atoms with Gasteiger partial charge in [0.25, 0.3) is 5.91 Å². The topological polar surface area (TPSA) is 46.2 Å². The van der Waals surface area contributed by atoms with Gasteiger partial charge in [-0.2, -0.15) is 0 Å². The van der Waals surface area contributed by atoms with Crippen molar-refractivity contribution in [3.63, 3.8) is 0 Å². The van der Waals surface area contributed by atoms with E-state index in [1.165, 1.54) is 14.0 Å². The first-order valence-corrected chi connectivity index (χ1v) is 1.91. The molecule has 0 aliphatic rings. The van der Waals surface area contributed by atoms with Crippen LogP contribution in [-0.2, 0) is 9.59 Å². The highest BCUT2D eigenvalue weighted by Crippen LogP contribution is 1.63. The molecule has 0 aliphatic heterocycles. The predicted molar refractivity (Wildman–Crippen MR) is 26.9 cm³/mol. The molecule has 1 N–H and O–H groups in total. The van der Waals surface area contributed by atoms with E-state index < -0.39 is 11.7 Å². The maximum Gasteiger partial charge on any atom is 0.286 e. The summed E-state index contributed by atoms with van der Waals surface area (Å²) in [6.45, 7) is 1.22. The summed E-state index contributed by atoms with van der Waals surface area (Å²) in [6.07, 6.45) is 0. The Kier molecular flexibility index (Phi) is 2.05. The molecule has 0 aromatic rings. The second-order valence-electron chi connectivity index (χ2n) is 1.14.